The first-order chi connectivity index (χ1) is 5.66. The first-order valence-corrected chi connectivity index (χ1v) is 3.39. The second-order valence-electron chi connectivity index (χ2n) is 2.35. The summed E-state index contributed by atoms with van der Waals surface area (Å²) in [7, 11) is 3.06. The van der Waals surface area contributed by atoms with Crippen LogP contribution in [0.3, 0.4) is 0 Å². The number of aryl methyl sites for hydroxylation is 1. The fraction of sp³-hybridized carbons (Fsp3) is 0.429. The molecule has 0 saturated heterocycles. The minimum absolute atomic E-state index is 0.394. The van der Waals surface area contributed by atoms with Crippen LogP contribution in [-0.2, 0) is 16.6 Å². The van der Waals surface area contributed by atoms with Crippen molar-refractivity contribution in [1.29, 1.82) is 0 Å². The van der Waals surface area contributed by atoms with Crippen LogP contribution >= 0.6 is 0 Å². The lowest BCUT2D eigenvalue weighted by Crippen LogP contribution is -2.17. The molecule has 0 unspecified atom stereocenters. The monoisotopic (exact) mass is 170 g/mol. The van der Waals surface area contributed by atoms with Crippen molar-refractivity contribution in [3.8, 4) is 0 Å². The molecule has 5 heteroatoms. The summed E-state index contributed by atoms with van der Waals surface area (Å²) < 4.78 is 6.37. The van der Waals surface area contributed by atoms with E-state index in [4.69, 9.17) is 9.84 Å². The minimum Gasteiger partial charge on any atom is -0.479 e. The van der Waals surface area contributed by atoms with Gasteiger partial charge in [-0.3, -0.25) is 0 Å². The summed E-state index contributed by atoms with van der Waals surface area (Å²) >= 11 is 0. The molecule has 1 aromatic rings. The van der Waals surface area contributed by atoms with Gasteiger partial charge < -0.3 is 14.4 Å². The van der Waals surface area contributed by atoms with Crippen LogP contribution in [0.15, 0.2) is 12.4 Å². The number of aromatic nitrogens is 2. The topological polar surface area (TPSA) is 64.3 Å². The number of hydrogen-bond acceptors (Lipinski definition) is 3. The average molecular weight is 170 g/mol. The minimum atomic E-state index is -1.04. The van der Waals surface area contributed by atoms with E-state index in [1.165, 1.54) is 13.3 Å². The Kier molecular flexibility index (Phi) is 2.44. The third-order valence-corrected chi connectivity index (χ3v) is 1.55. The molecule has 1 rings (SSSR count). The van der Waals surface area contributed by atoms with Crippen LogP contribution in [0.1, 0.15) is 11.9 Å². The second kappa shape index (κ2) is 3.36. The standard InChI is InChI=1S/C7H10N2O3/c1-9-4-3-8-6(9)5(12-2)7(10)11/h3-5H,1-2H3,(H,10,11)/t5-/m1/s1. The van der Waals surface area contributed by atoms with E-state index in [9.17, 15) is 4.79 Å². The van der Waals surface area contributed by atoms with Crippen LogP contribution in [0.25, 0.3) is 0 Å². The number of rotatable bonds is 3. The van der Waals surface area contributed by atoms with Crippen molar-refractivity contribution >= 4 is 5.97 Å². The van der Waals surface area contributed by atoms with E-state index in [0.717, 1.165) is 0 Å². The van der Waals surface area contributed by atoms with Crippen molar-refractivity contribution in [2.24, 2.45) is 7.05 Å². The number of carbonyl (C=O) groups is 1. The number of imidazole rings is 1. The van der Waals surface area contributed by atoms with E-state index in [1.54, 1.807) is 17.8 Å². The van der Waals surface area contributed by atoms with Crippen LogP contribution in [0.5, 0.6) is 0 Å². The maximum atomic E-state index is 10.6. The highest BCUT2D eigenvalue weighted by molar-refractivity contribution is 5.73. The summed E-state index contributed by atoms with van der Waals surface area (Å²) in [5, 5.41) is 8.69. The summed E-state index contributed by atoms with van der Waals surface area (Å²) in [6, 6.07) is 0. The smallest absolute Gasteiger partial charge is 0.340 e. The molecule has 0 aromatic carbocycles. The van der Waals surface area contributed by atoms with Crippen molar-refractivity contribution < 1.29 is 14.6 Å². The van der Waals surface area contributed by atoms with Gasteiger partial charge in [-0.05, 0) is 0 Å². The van der Waals surface area contributed by atoms with Crippen LogP contribution in [-0.4, -0.2) is 27.7 Å². The zero-order valence-corrected chi connectivity index (χ0v) is 6.89. The van der Waals surface area contributed by atoms with E-state index < -0.39 is 12.1 Å². The Labute approximate surface area is 69.6 Å². The van der Waals surface area contributed by atoms with Gasteiger partial charge in [0.15, 0.2) is 0 Å². The first-order valence-electron chi connectivity index (χ1n) is 3.39. The highest BCUT2D eigenvalue weighted by atomic mass is 16.5. The lowest BCUT2D eigenvalue weighted by molar-refractivity contribution is -0.149. The molecule has 0 amide bonds. The fourth-order valence-electron chi connectivity index (χ4n) is 0.946. The van der Waals surface area contributed by atoms with Gasteiger partial charge in [-0.2, -0.15) is 0 Å². The van der Waals surface area contributed by atoms with Crippen LogP contribution < -0.4 is 0 Å². The summed E-state index contributed by atoms with van der Waals surface area (Å²) in [5.41, 5.74) is 0. The summed E-state index contributed by atoms with van der Waals surface area (Å²) in [5.74, 6) is -0.642. The molecule has 0 saturated carbocycles. The van der Waals surface area contributed by atoms with E-state index in [0.29, 0.717) is 5.82 Å². The van der Waals surface area contributed by atoms with Crippen molar-refractivity contribution in [2.45, 2.75) is 6.10 Å². The molecule has 1 N–H and O–H groups in total. The second-order valence-corrected chi connectivity index (χ2v) is 2.35. The molecule has 0 aliphatic heterocycles. The van der Waals surface area contributed by atoms with E-state index >= 15 is 0 Å². The normalized spacial score (nSPS) is 12.8. The average Bonchev–Trinajstić information content (AvgIpc) is 2.38. The predicted molar refractivity (Wildman–Crippen MR) is 40.6 cm³/mol. The Morgan fingerprint density at radius 2 is 2.50 bits per heavy atom. The van der Waals surface area contributed by atoms with Gasteiger partial charge >= 0.3 is 5.97 Å². The van der Waals surface area contributed by atoms with Gasteiger partial charge in [0.1, 0.15) is 5.82 Å². The molecule has 12 heavy (non-hydrogen) atoms. The Morgan fingerprint density at radius 1 is 1.83 bits per heavy atom. The number of ether oxygens (including phenoxy) is 1. The number of hydrogen-bond donors (Lipinski definition) is 1. The van der Waals surface area contributed by atoms with Gasteiger partial charge in [-0.15, -0.1) is 0 Å². The Bertz CT molecular complexity index is 282. The molecule has 0 bridgehead atoms. The van der Waals surface area contributed by atoms with Gasteiger partial charge in [0.25, 0.3) is 0 Å². The van der Waals surface area contributed by atoms with Crippen molar-refractivity contribution in [3.63, 3.8) is 0 Å². The predicted octanol–water partition coefficient (Wildman–Crippen LogP) is 0.192. The van der Waals surface area contributed by atoms with Gasteiger partial charge in [-0.1, -0.05) is 0 Å². The molecule has 0 fully saturated rings. The summed E-state index contributed by atoms with van der Waals surface area (Å²) in [6.45, 7) is 0. The van der Waals surface area contributed by atoms with E-state index in [-0.39, 0.29) is 0 Å². The zero-order chi connectivity index (χ0) is 9.14. The maximum absolute atomic E-state index is 10.6. The number of carboxylic acids is 1. The Hall–Kier alpha value is -1.36. The van der Waals surface area contributed by atoms with Gasteiger partial charge in [0.05, 0.1) is 0 Å². The van der Waals surface area contributed by atoms with Gasteiger partial charge in [-0.25, -0.2) is 9.78 Å². The molecule has 1 atom stereocenters. The molecule has 0 spiro atoms. The van der Waals surface area contributed by atoms with Crippen LogP contribution in [0, 0.1) is 0 Å². The zero-order valence-electron chi connectivity index (χ0n) is 6.89. The van der Waals surface area contributed by atoms with Crippen LogP contribution in [0.2, 0.25) is 0 Å². The molecule has 66 valence electrons. The number of nitrogens with zero attached hydrogens (tertiary/aromatic N) is 2. The third-order valence-electron chi connectivity index (χ3n) is 1.55. The van der Waals surface area contributed by atoms with E-state index in [2.05, 4.69) is 4.98 Å². The third kappa shape index (κ3) is 1.45. The number of aliphatic carboxylic acids is 1. The molecule has 0 aliphatic carbocycles. The highest BCUT2D eigenvalue weighted by Crippen LogP contribution is 2.13. The Morgan fingerprint density at radius 3 is 2.83 bits per heavy atom. The molecule has 5 nitrogen and oxygen atoms in total. The van der Waals surface area contributed by atoms with Crippen molar-refractivity contribution in [1.82, 2.24) is 9.55 Å². The molecule has 0 radical (unpaired) electrons. The molecule has 1 aromatic heterocycles. The van der Waals surface area contributed by atoms with Crippen LogP contribution in [0.4, 0.5) is 0 Å². The molecule has 1 heterocycles. The number of methoxy groups -OCH3 is 1. The largest absolute Gasteiger partial charge is 0.479 e. The Balaban J connectivity index is 2.94. The molecular weight excluding hydrogens is 160 g/mol. The van der Waals surface area contributed by atoms with Gasteiger partial charge in [0.2, 0.25) is 6.10 Å². The molecular formula is C7H10N2O3. The number of carboxylic acid groups (broad SMARTS) is 1. The van der Waals surface area contributed by atoms with Crippen molar-refractivity contribution in [3.05, 3.63) is 18.2 Å². The fourth-order valence-corrected chi connectivity index (χ4v) is 0.946. The lowest BCUT2D eigenvalue weighted by Gasteiger charge is -2.09. The summed E-state index contributed by atoms with van der Waals surface area (Å²) in [4.78, 5) is 14.5. The van der Waals surface area contributed by atoms with Crippen molar-refractivity contribution in [2.75, 3.05) is 7.11 Å². The molecule has 0 aliphatic rings. The first kappa shape index (κ1) is 8.73. The SMILES string of the molecule is CO[C@@H](C(=O)O)c1nccn1C. The summed E-state index contributed by atoms with van der Waals surface area (Å²) in [6.07, 6.45) is 2.22. The van der Waals surface area contributed by atoms with E-state index in [1.807, 2.05) is 0 Å². The van der Waals surface area contributed by atoms with Gasteiger partial charge in [0, 0.05) is 26.6 Å². The lowest BCUT2D eigenvalue weighted by atomic mass is 10.3. The maximum Gasteiger partial charge on any atom is 0.340 e. The highest BCUT2D eigenvalue weighted by Gasteiger charge is 2.22. The quantitative estimate of drug-likeness (QED) is 0.703.